The van der Waals surface area contributed by atoms with Crippen LogP contribution in [-0.2, 0) is 4.79 Å². The van der Waals surface area contributed by atoms with Crippen LogP contribution in [0.2, 0.25) is 0 Å². The maximum Gasteiger partial charge on any atom is 0.238 e. The number of carbonyl (C=O) groups is 1. The molecule has 1 unspecified atom stereocenters. The smallest absolute Gasteiger partial charge is 0.238 e. The van der Waals surface area contributed by atoms with E-state index in [1.165, 1.54) is 6.11 Å². The number of nitrogens with one attached hydrogen (secondary N) is 3. The lowest BCUT2D eigenvalue weighted by Crippen LogP contribution is -2.41. The van der Waals surface area contributed by atoms with Crippen molar-refractivity contribution in [2.45, 2.75) is 25.3 Å². The third-order valence-electron chi connectivity index (χ3n) is 7.24. The van der Waals surface area contributed by atoms with Crippen LogP contribution in [0.25, 0.3) is 11.0 Å². The zero-order valence-electron chi connectivity index (χ0n) is 25.1. The van der Waals surface area contributed by atoms with E-state index in [1.807, 2.05) is 55.6 Å². The SMILES string of the molecule is C#CO.COc1cc(Nc2nc3ccccc3nc2NC2=CC(NC(=O)CN(C)C3CCN(C)C3)=CCC2)cc(OC)c1. The summed E-state index contributed by atoms with van der Waals surface area (Å²) >= 11 is 0. The van der Waals surface area contributed by atoms with E-state index < -0.39 is 0 Å². The van der Waals surface area contributed by atoms with Gasteiger partial charge in [0.05, 0.1) is 31.8 Å². The number of rotatable bonds is 10. The number of hydrogen-bond acceptors (Lipinski definition) is 10. The lowest BCUT2D eigenvalue weighted by Gasteiger charge is -2.24. The molecule has 0 radical (unpaired) electrons. The molecule has 1 aliphatic carbocycles. The Balaban J connectivity index is 0.00000135. The van der Waals surface area contributed by atoms with E-state index in [9.17, 15) is 4.79 Å². The van der Waals surface area contributed by atoms with Gasteiger partial charge >= 0.3 is 0 Å². The summed E-state index contributed by atoms with van der Waals surface area (Å²) in [6.07, 6.45) is 12.1. The molecule has 4 N–H and O–H groups in total. The average molecular weight is 586 g/mol. The van der Waals surface area contributed by atoms with Crippen LogP contribution in [0.15, 0.2) is 66.0 Å². The number of allylic oxidation sites excluding steroid dienone is 3. The molecule has 1 amide bonds. The zero-order valence-corrected chi connectivity index (χ0v) is 25.1. The highest BCUT2D eigenvalue weighted by atomic mass is 16.5. The van der Waals surface area contributed by atoms with Crippen LogP contribution in [-0.4, -0.2) is 84.8 Å². The maximum absolute atomic E-state index is 12.8. The van der Waals surface area contributed by atoms with Crippen LogP contribution in [0, 0.1) is 12.5 Å². The molecule has 0 bridgehead atoms. The second-order valence-electron chi connectivity index (χ2n) is 10.4. The number of carbonyl (C=O) groups excluding carboxylic acids is 1. The Labute approximate surface area is 252 Å². The molecular formula is C32H39N7O4. The zero-order chi connectivity index (χ0) is 30.8. The lowest BCUT2D eigenvalue weighted by atomic mass is 10.1. The standard InChI is InChI=1S/C30H37N7O3.C2H2O/c1-36-13-12-23(18-36)37(2)19-28(38)31-20-8-7-9-21(14-20)32-29-30(35-27-11-6-5-10-26(27)34-29)33-22-15-24(39-3)17-25(16-22)40-4;1-2-3/h5-6,8,10-11,14-17,23H,7,9,12-13,18-19H2,1-4H3,(H,31,38)(H,32,34)(H,33,35);1,3H. The number of methoxy groups -OCH3 is 2. The molecule has 5 rings (SSSR count). The Hall–Kier alpha value is -4.79. The molecule has 226 valence electrons. The number of aromatic nitrogens is 2. The van der Waals surface area contributed by atoms with Gasteiger partial charge in [-0.2, -0.15) is 0 Å². The van der Waals surface area contributed by atoms with Crippen LogP contribution in [0.4, 0.5) is 17.3 Å². The number of ether oxygens (including phenoxy) is 2. The van der Waals surface area contributed by atoms with Gasteiger partial charge in [0.1, 0.15) is 17.6 Å². The van der Waals surface area contributed by atoms with Crippen molar-refractivity contribution in [1.82, 2.24) is 25.1 Å². The number of para-hydroxylation sites is 2. The van der Waals surface area contributed by atoms with Crippen molar-refractivity contribution in [2.24, 2.45) is 0 Å². The van der Waals surface area contributed by atoms with Crippen molar-refractivity contribution in [2.75, 3.05) is 58.6 Å². The molecule has 3 aromatic rings. The Kier molecular flexibility index (Phi) is 10.8. The second kappa shape index (κ2) is 14.9. The van der Waals surface area contributed by atoms with Crippen LogP contribution in [0.1, 0.15) is 19.3 Å². The van der Waals surface area contributed by atoms with Gasteiger partial charge in [0.25, 0.3) is 0 Å². The fraction of sp³-hybridized carbons (Fsp3) is 0.344. The molecular weight excluding hydrogens is 546 g/mol. The van der Waals surface area contributed by atoms with Gasteiger partial charge in [-0.1, -0.05) is 24.6 Å². The quantitative estimate of drug-likeness (QED) is 0.259. The first-order chi connectivity index (χ1) is 20.8. The lowest BCUT2D eigenvalue weighted by molar-refractivity contribution is -0.121. The van der Waals surface area contributed by atoms with Gasteiger partial charge in [0.15, 0.2) is 11.6 Å². The third kappa shape index (κ3) is 8.61. The highest BCUT2D eigenvalue weighted by Gasteiger charge is 2.24. The minimum Gasteiger partial charge on any atom is -0.497 e. The Bertz CT molecular complexity index is 1510. The molecule has 1 fully saturated rings. The number of likely N-dealkylation sites (N-methyl/N-ethyl adjacent to an activating group) is 2. The molecule has 1 aliphatic heterocycles. The second-order valence-corrected chi connectivity index (χ2v) is 10.4. The fourth-order valence-corrected chi connectivity index (χ4v) is 5.06. The van der Waals surface area contributed by atoms with Crippen molar-refractivity contribution in [3.63, 3.8) is 0 Å². The van der Waals surface area contributed by atoms with E-state index in [1.54, 1.807) is 14.2 Å². The summed E-state index contributed by atoms with van der Waals surface area (Å²) in [5.74, 6) is 2.47. The maximum atomic E-state index is 12.8. The number of nitrogens with zero attached hydrogens (tertiary/aromatic N) is 4. The van der Waals surface area contributed by atoms with E-state index in [-0.39, 0.29) is 5.91 Å². The van der Waals surface area contributed by atoms with Gasteiger partial charge in [0.2, 0.25) is 5.91 Å². The number of fused-ring (bicyclic) bond motifs is 1. The average Bonchev–Trinajstić information content (AvgIpc) is 3.44. The van der Waals surface area contributed by atoms with Crippen LogP contribution in [0.3, 0.4) is 0 Å². The predicted molar refractivity (Wildman–Crippen MR) is 169 cm³/mol. The van der Waals surface area contributed by atoms with E-state index in [4.69, 9.17) is 24.5 Å². The first kappa shape index (κ1) is 31.2. The third-order valence-corrected chi connectivity index (χ3v) is 7.24. The Morgan fingerprint density at radius 1 is 1.12 bits per heavy atom. The van der Waals surface area contributed by atoms with Gasteiger partial charge < -0.3 is 35.4 Å². The number of aliphatic hydroxyl groups excluding tert-OH is 1. The van der Waals surface area contributed by atoms with E-state index in [0.29, 0.717) is 35.7 Å². The minimum atomic E-state index is -0.0133. The number of terminal acetylenes is 1. The summed E-state index contributed by atoms with van der Waals surface area (Å²) < 4.78 is 10.9. The van der Waals surface area contributed by atoms with E-state index in [2.05, 4.69) is 45.3 Å². The number of amides is 1. The summed E-state index contributed by atoms with van der Waals surface area (Å²) in [7, 11) is 7.37. The molecule has 1 aromatic heterocycles. The summed E-state index contributed by atoms with van der Waals surface area (Å²) in [5.41, 5.74) is 4.04. The molecule has 2 heterocycles. The molecule has 2 aliphatic rings. The van der Waals surface area contributed by atoms with Crippen LogP contribution < -0.4 is 25.4 Å². The first-order valence-corrected chi connectivity index (χ1v) is 14.0. The molecule has 43 heavy (non-hydrogen) atoms. The highest BCUT2D eigenvalue weighted by Crippen LogP contribution is 2.31. The normalized spacial score (nSPS) is 16.3. The van der Waals surface area contributed by atoms with Crippen LogP contribution >= 0.6 is 0 Å². The summed E-state index contributed by atoms with van der Waals surface area (Å²) in [5, 5.41) is 17.0. The van der Waals surface area contributed by atoms with Gasteiger partial charge in [-0.25, -0.2) is 9.97 Å². The molecule has 1 saturated heterocycles. The van der Waals surface area contributed by atoms with E-state index >= 15 is 0 Å². The predicted octanol–water partition coefficient (Wildman–Crippen LogP) is 4.07. The topological polar surface area (TPSA) is 124 Å². The summed E-state index contributed by atoms with van der Waals surface area (Å²) in [4.78, 5) is 27.0. The molecule has 11 heteroatoms. The van der Waals surface area contributed by atoms with Gasteiger partial charge in [0, 0.05) is 47.9 Å². The van der Waals surface area contributed by atoms with Crippen molar-refractivity contribution in [3.05, 3.63) is 66.0 Å². The number of benzene rings is 2. The van der Waals surface area contributed by atoms with Gasteiger partial charge in [-0.15, -0.1) is 0 Å². The fourth-order valence-electron chi connectivity index (χ4n) is 5.06. The minimum absolute atomic E-state index is 0.0133. The molecule has 0 saturated carbocycles. The monoisotopic (exact) mass is 585 g/mol. The molecule has 0 spiro atoms. The van der Waals surface area contributed by atoms with E-state index in [0.717, 1.165) is 60.5 Å². The number of hydrogen-bond donors (Lipinski definition) is 4. The van der Waals surface area contributed by atoms with Gasteiger partial charge in [-0.3, -0.25) is 9.69 Å². The van der Waals surface area contributed by atoms with Crippen molar-refractivity contribution in [3.8, 4) is 24.0 Å². The van der Waals surface area contributed by atoms with Crippen molar-refractivity contribution < 1.29 is 19.4 Å². The van der Waals surface area contributed by atoms with Crippen LogP contribution in [0.5, 0.6) is 11.5 Å². The number of aliphatic hydroxyl groups is 1. The largest absolute Gasteiger partial charge is 0.497 e. The number of anilines is 3. The van der Waals surface area contributed by atoms with Crippen molar-refractivity contribution >= 4 is 34.3 Å². The van der Waals surface area contributed by atoms with Crippen molar-refractivity contribution in [1.29, 1.82) is 0 Å². The number of likely N-dealkylation sites (tertiary alicyclic amines) is 1. The molecule has 2 aromatic carbocycles. The highest BCUT2D eigenvalue weighted by molar-refractivity contribution is 5.83. The molecule has 1 atom stereocenters. The summed E-state index contributed by atoms with van der Waals surface area (Å²) in [6, 6.07) is 13.7. The first-order valence-electron chi connectivity index (χ1n) is 14.0. The summed E-state index contributed by atoms with van der Waals surface area (Å²) in [6.45, 7) is 2.42. The van der Waals surface area contributed by atoms with Gasteiger partial charge in [-0.05, 0) is 58.1 Å². The Morgan fingerprint density at radius 2 is 1.74 bits per heavy atom. The molecule has 11 nitrogen and oxygen atoms in total. The Morgan fingerprint density at radius 3 is 2.33 bits per heavy atom.